The lowest BCUT2D eigenvalue weighted by atomic mass is 10.3. The number of thiophene rings is 1. The monoisotopic (exact) mass is 367 g/mol. The molecule has 0 unspecified atom stereocenters. The van der Waals surface area contributed by atoms with Crippen LogP contribution in [0.1, 0.15) is 5.89 Å². The molecular formula is C13H13N5O2S3. The van der Waals surface area contributed by atoms with Crippen molar-refractivity contribution in [3.8, 4) is 11.4 Å². The third kappa shape index (κ3) is 3.55. The highest BCUT2D eigenvalue weighted by Gasteiger charge is 2.17. The normalized spacial score (nSPS) is 15.2. The van der Waals surface area contributed by atoms with Gasteiger partial charge in [0, 0.05) is 24.0 Å². The molecule has 0 aliphatic carbocycles. The molecule has 0 N–H and O–H groups in total. The average Bonchev–Trinajstić information content (AvgIpc) is 3.33. The Balaban J connectivity index is 1.37. The predicted molar refractivity (Wildman–Crippen MR) is 90.1 cm³/mol. The number of aromatic nitrogens is 4. The molecule has 10 heteroatoms. The van der Waals surface area contributed by atoms with Crippen molar-refractivity contribution >= 4 is 39.6 Å². The van der Waals surface area contributed by atoms with E-state index in [9.17, 15) is 0 Å². The van der Waals surface area contributed by atoms with E-state index in [1.807, 2.05) is 16.8 Å². The van der Waals surface area contributed by atoms with Crippen LogP contribution in [-0.4, -0.2) is 46.6 Å². The maximum Gasteiger partial charge on any atom is 0.237 e. The van der Waals surface area contributed by atoms with Crippen molar-refractivity contribution in [2.45, 2.75) is 10.1 Å². The Bertz CT molecular complexity index is 751. The fraction of sp³-hybridized carbons (Fsp3) is 0.385. The number of ether oxygens (including phenoxy) is 1. The van der Waals surface area contributed by atoms with E-state index in [4.69, 9.17) is 9.26 Å². The quantitative estimate of drug-likeness (QED) is 0.637. The van der Waals surface area contributed by atoms with Gasteiger partial charge >= 0.3 is 0 Å². The molecule has 1 aliphatic heterocycles. The average molecular weight is 367 g/mol. The van der Waals surface area contributed by atoms with Gasteiger partial charge in [0.15, 0.2) is 4.34 Å². The van der Waals surface area contributed by atoms with E-state index in [0.29, 0.717) is 17.5 Å². The van der Waals surface area contributed by atoms with E-state index in [2.05, 4.69) is 25.2 Å². The van der Waals surface area contributed by atoms with E-state index < -0.39 is 0 Å². The van der Waals surface area contributed by atoms with Gasteiger partial charge in [0.25, 0.3) is 0 Å². The van der Waals surface area contributed by atoms with Crippen LogP contribution in [0.3, 0.4) is 0 Å². The summed E-state index contributed by atoms with van der Waals surface area (Å²) in [6.07, 6.45) is 0. The number of nitrogens with zero attached hydrogens (tertiary/aromatic N) is 5. The van der Waals surface area contributed by atoms with Crippen molar-refractivity contribution in [3.63, 3.8) is 0 Å². The summed E-state index contributed by atoms with van der Waals surface area (Å²) in [6, 6.07) is 1.98. The highest BCUT2D eigenvalue weighted by Crippen LogP contribution is 2.30. The van der Waals surface area contributed by atoms with Crippen LogP contribution in [0, 0.1) is 0 Å². The summed E-state index contributed by atoms with van der Waals surface area (Å²) in [5, 5.41) is 17.4. The van der Waals surface area contributed by atoms with E-state index >= 15 is 0 Å². The summed E-state index contributed by atoms with van der Waals surface area (Å²) < 4.78 is 11.5. The van der Waals surface area contributed by atoms with Crippen LogP contribution in [0.15, 0.2) is 25.7 Å². The van der Waals surface area contributed by atoms with Gasteiger partial charge in [-0.1, -0.05) is 28.3 Å². The lowest BCUT2D eigenvalue weighted by Crippen LogP contribution is -2.36. The molecule has 4 rings (SSSR count). The molecule has 0 aromatic carbocycles. The molecule has 0 radical (unpaired) electrons. The first kappa shape index (κ1) is 15.1. The van der Waals surface area contributed by atoms with Gasteiger partial charge in [0.2, 0.25) is 16.8 Å². The van der Waals surface area contributed by atoms with Crippen LogP contribution in [0.2, 0.25) is 0 Å². The SMILES string of the molecule is c1cc(-c2noc(CSc3nnc(N4CCOCC4)s3)n2)cs1. The van der Waals surface area contributed by atoms with Crippen LogP contribution >= 0.6 is 34.4 Å². The van der Waals surface area contributed by atoms with Gasteiger partial charge in [-0.2, -0.15) is 16.3 Å². The second-order valence-corrected chi connectivity index (χ2v) is 7.72. The van der Waals surface area contributed by atoms with Crippen molar-refractivity contribution in [1.82, 2.24) is 20.3 Å². The zero-order chi connectivity index (χ0) is 15.5. The molecular weight excluding hydrogens is 354 g/mol. The van der Waals surface area contributed by atoms with Crippen LogP contribution in [0.25, 0.3) is 11.4 Å². The molecule has 3 aromatic heterocycles. The third-order valence-corrected chi connectivity index (χ3v) is 6.03. The van der Waals surface area contributed by atoms with Crippen molar-refractivity contribution in [2.24, 2.45) is 0 Å². The molecule has 0 spiro atoms. The van der Waals surface area contributed by atoms with Crippen LogP contribution in [-0.2, 0) is 10.5 Å². The topological polar surface area (TPSA) is 77.2 Å². The van der Waals surface area contributed by atoms with Crippen molar-refractivity contribution in [3.05, 3.63) is 22.7 Å². The van der Waals surface area contributed by atoms with Crippen molar-refractivity contribution in [2.75, 3.05) is 31.2 Å². The molecule has 0 amide bonds. The predicted octanol–water partition coefficient (Wildman–Crippen LogP) is 2.78. The maximum atomic E-state index is 5.35. The van der Waals surface area contributed by atoms with Crippen LogP contribution < -0.4 is 4.90 Å². The van der Waals surface area contributed by atoms with E-state index in [1.165, 1.54) is 0 Å². The Morgan fingerprint density at radius 1 is 1.26 bits per heavy atom. The molecule has 0 saturated carbocycles. The first-order valence-corrected chi connectivity index (χ1v) is 9.77. The Hall–Kier alpha value is -1.49. The lowest BCUT2D eigenvalue weighted by Gasteiger charge is -2.25. The highest BCUT2D eigenvalue weighted by atomic mass is 32.2. The first-order valence-electron chi connectivity index (χ1n) is 7.02. The zero-order valence-corrected chi connectivity index (χ0v) is 14.5. The fourth-order valence-corrected chi connectivity index (χ4v) is 4.45. The van der Waals surface area contributed by atoms with Gasteiger partial charge in [-0.3, -0.25) is 0 Å². The lowest BCUT2D eigenvalue weighted by molar-refractivity contribution is 0.122. The number of hydrogen-bond acceptors (Lipinski definition) is 10. The minimum absolute atomic E-state index is 0.592. The fourth-order valence-electron chi connectivity index (χ4n) is 2.09. The number of hydrogen-bond donors (Lipinski definition) is 0. The first-order chi connectivity index (χ1) is 11.4. The largest absolute Gasteiger partial charge is 0.378 e. The minimum Gasteiger partial charge on any atom is -0.378 e. The Morgan fingerprint density at radius 3 is 3.00 bits per heavy atom. The summed E-state index contributed by atoms with van der Waals surface area (Å²) in [5.74, 6) is 1.82. The molecule has 7 nitrogen and oxygen atoms in total. The van der Waals surface area contributed by atoms with E-state index in [-0.39, 0.29) is 0 Å². The second kappa shape index (κ2) is 6.95. The Morgan fingerprint density at radius 2 is 2.17 bits per heavy atom. The molecule has 3 aromatic rings. The Labute approximate surface area is 144 Å². The van der Waals surface area contributed by atoms with Gasteiger partial charge in [0.1, 0.15) is 0 Å². The number of morpholine rings is 1. The van der Waals surface area contributed by atoms with Gasteiger partial charge in [0.05, 0.1) is 19.0 Å². The highest BCUT2D eigenvalue weighted by molar-refractivity contribution is 8.00. The molecule has 1 saturated heterocycles. The van der Waals surface area contributed by atoms with Crippen molar-refractivity contribution in [1.29, 1.82) is 0 Å². The minimum atomic E-state index is 0.592. The molecule has 4 heterocycles. The standard InChI is InChI=1S/C13H13N5O2S3/c1-6-21-7-9(1)11-14-10(20-17-11)8-22-13-16-15-12(23-13)18-2-4-19-5-3-18/h1,6-7H,2-5,8H2. The maximum absolute atomic E-state index is 5.35. The van der Waals surface area contributed by atoms with Crippen LogP contribution in [0.4, 0.5) is 5.13 Å². The summed E-state index contributed by atoms with van der Waals surface area (Å²) in [6.45, 7) is 3.23. The summed E-state index contributed by atoms with van der Waals surface area (Å²) in [5.41, 5.74) is 0.987. The number of thioether (sulfide) groups is 1. The smallest absolute Gasteiger partial charge is 0.237 e. The molecule has 120 valence electrons. The second-order valence-electron chi connectivity index (χ2n) is 4.76. The summed E-state index contributed by atoms with van der Waals surface area (Å²) in [4.78, 5) is 6.60. The van der Waals surface area contributed by atoms with Gasteiger partial charge in [-0.15, -0.1) is 10.2 Å². The molecule has 0 atom stereocenters. The number of rotatable bonds is 5. The van der Waals surface area contributed by atoms with Crippen molar-refractivity contribution < 1.29 is 9.26 Å². The summed E-state index contributed by atoms with van der Waals surface area (Å²) in [7, 11) is 0. The molecule has 1 aliphatic rings. The summed E-state index contributed by atoms with van der Waals surface area (Å²) >= 11 is 4.76. The number of anilines is 1. The van der Waals surface area contributed by atoms with Gasteiger partial charge in [-0.05, 0) is 11.4 Å². The third-order valence-electron chi connectivity index (χ3n) is 3.24. The Kier molecular flexibility index (Phi) is 4.55. The van der Waals surface area contributed by atoms with Crippen LogP contribution in [0.5, 0.6) is 0 Å². The molecule has 23 heavy (non-hydrogen) atoms. The zero-order valence-electron chi connectivity index (χ0n) is 12.0. The van der Waals surface area contributed by atoms with Gasteiger partial charge in [-0.25, -0.2) is 0 Å². The van der Waals surface area contributed by atoms with E-state index in [1.54, 1.807) is 34.4 Å². The molecule has 0 bridgehead atoms. The van der Waals surface area contributed by atoms with E-state index in [0.717, 1.165) is 41.3 Å². The molecule has 1 fully saturated rings. The van der Waals surface area contributed by atoms with Gasteiger partial charge < -0.3 is 14.2 Å².